The van der Waals surface area contributed by atoms with Crippen LogP contribution in [-0.4, -0.2) is 45.0 Å². The molecule has 4 heterocycles. The van der Waals surface area contributed by atoms with E-state index in [1.807, 2.05) is 4.90 Å². The van der Waals surface area contributed by atoms with Gasteiger partial charge in [0.2, 0.25) is 5.82 Å². The van der Waals surface area contributed by atoms with Gasteiger partial charge in [-0.05, 0) is 61.7 Å². The summed E-state index contributed by atoms with van der Waals surface area (Å²) in [5.41, 5.74) is 0.390. The topological polar surface area (TPSA) is 91.8 Å². The molecule has 8 nitrogen and oxygen atoms in total. The summed E-state index contributed by atoms with van der Waals surface area (Å²) in [6, 6.07) is 11.3. The molecule has 2 fully saturated rings. The molecule has 6 rings (SSSR count). The number of halogens is 2. The van der Waals surface area contributed by atoms with E-state index in [1.54, 1.807) is 42.2 Å². The molecule has 0 radical (unpaired) electrons. The molecule has 2 aromatic carbocycles. The SMILES string of the molecule is Cn1cc2cc(-n3c(-c4ccc(C#N)c(F)c4)nc(N4CCC5NCCC5C4)c(F)c3=O)ccc2n1. The van der Waals surface area contributed by atoms with E-state index >= 15 is 4.39 Å². The van der Waals surface area contributed by atoms with Crippen LogP contribution >= 0.6 is 0 Å². The van der Waals surface area contributed by atoms with Crippen molar-refractivity contribution in [2.45, 2.75) is 18.9 Å². The normalized spacial score (nSPS) is 19.4. The molecule has 2 saturated heterocycles. The number of fused-ring (bicyclic) bond motifs is 2. The highest BCUT2D eigenvalue weighted by Crippen LogP contribution is 2.31. The molecule has 36 heavy (non-hydrogen) atoms. The van der Waals surface area contributed by atoms with E-state index in [1.165, 1.54) is 12.1 Å². The van der Waals surface area contributed by atoms with E-state index in [9.17, 15) is 9.18 Å². The Kier molecular flexibility index (Phi) is 5.30. The summed E-state index contributed by atoms with van der Waals surface area (Å²) in [4.78, 5) is 20.0. The second-order valence-corrected chi connectivity index (χ2v) is 9.41. The molecule has 2 unspecified atom stereocenters. The number of rotatable bonds is 3. The molecule has 0 bridgehead atoms. The molecule has 2 aliphatic rings. The molecule has 4 aromatic rings. The Morgan fingerprint density at radius 1 is 1.17 bits per heavy atom. The molecule has 1 N–H and O–H groups in total. The van der Waals surface area contributed by atoms with Crippen LogP contribution in [0.1, 0.15) is 18.4 Å². The second-order valence-electron chi connectivity index (χ2n) is 9.41. The first-order valence-corrected chi connectivity index (χ1v) is 11.9. The minimum absolute atomic E-state index is 0.0242. The van der Waals surface area contributed by atoms with Crippen molar-refractivity contribution in [1.29, 1.82) is 5.26 Å². The maximum Gasteiger partial charge on any atom is 0.296 e. The quantitative estimate of drug-likeness (QED) is 0.478. The summed E-state index contributed by atoms with van der Waals surface area (Å²) >= 11 is 0. The van der Waals surface area contributed by atoms with Gasteiger partial charge in [-0.2, -0.15) is 14.8 Å². The Bertz CT molecular complexity index is 1600. The Morgan fingerprint density at radius 2 is 2.03 bits per heavy atom. The largest absolute Gasteiger partial charge is 0.354 e. The van der Waals surface area contributed by atoms with Crippen molar-refractivity contribution in [1.82, 2.24) is 24.6 Å². The fraction of sp³-hybridized carbons (Fsp3) is 0.308. The Morgan fingerprint density at radius 3 is 2.83 bits per heavy atom. The molecule has 10 heteroatoms. The molecular weight excluding hydrogens is 464 g/mol. The predicted molar refractivity (Wildman–Crippen MR) is 131 cm³/mol. The van der Waals surface area contributed by atoms with E-state index in [4.69, 9.17) is 5.26 Å². The minimum atomic E-state index is -0.941. The van der Waals surface area contributed by atoms with Gasteiger partial charge >= 0.3 is 0 Å². The van der Waals surface area contributed by atoms with E-state index in [0.29, 0.717) is 30.7 Å². The van der Waals surface area contributed by atoms with Crippen molar-refractivity contribution >= 4 is 16.7 Å². The van der Waals surface area contributed by atoms with Gasteiger partial charge in [0.1, 0.15) is 17.7 Å². The van der Waals surface area contributed by atoms with Crippen LogP contribution in [0.15, 0.2) is 47.4 Å². The predicted octanol–water partition coefficient (Wildman–Crippen LogP) is 3.12. The average molecular weight is 488 g/mol. The van der Waals surface area contributed by atoms with Gasteiger partial charge in [0.25, 0.3) is 5.56 Å². The summed E-state index contributed by atoms with van der Waals surface area (Å²) in [6.45, 7) is 2.07. The zero-order chi connectivity index (χ0) is 25.0. The van der Waals surface area contributed by atoms with Gasteiger partial charge in [0, 0.05) is 43.3 Å². The standard InChI is InChI=1S/C26H23F2N7O/c1-33-13-18-10-19(4-5-22(18)32-33)35-24(15-2-3-16(12-29)20(27)11-15)31-25(23(28)26(35)36)34-9-7-21-17(14-34)6-8-30-21/h2-5,10-11,13,17,21,30H,6-9,14H2,1H3. The van der Waals surface area contributed by atoms with E-state index < -0.39 is 17.2 Å². The van der Waals surface area contributed by atoms with Crippen molar-refractivity contribution < 1.29 is 8.78 Å². The number of aryl methyl sites for hydroxylation is 1. The van der Waals surface area contributed by atoms with Crippen LogP contribution in [0.3, 0.4) is 0 Å². The zero-order valence-corrected chi connectivity index (χ0v) is 19.6. The van der Waals surface area contributed by atoms with Crippen molar-refractivity contribution in [2.75, 3.05) is 24.5 Å². The lowest BCUT2D eigenvalue weighted by atomic mass is 9.93. The van der Waals surface area contributed by atoms with Gasteiger partial charge in [-0.3, -0.25) is 14.0 Å². The average Bonchev–Trinajstić information content (AvgIpc) is 3.49. The van der Waals surface area contributed by atoms with Gasteiger partial charge < -0.3 is 10.2 Å². The maximum absolute atomic E-state index is 15.7. The molecule has 0 aliphatic carbocycles. The summed E-state index contributed by atoms with van der Waals surface area (Å²) in [5.74, 6) is -1.24. The van der Waals surface area contributed by atoms with Crippen LogP contribution in [0.2, 0.25) is 0 Å². The lowest BCUT2D eigenvalue weighted by Crippen LogP contribution is -2.46. The van der Waals surface area contributed by atoms with Crippen LogP contribution in [0.4, 0.5) is 14.6 Å². The monoisotopic (exact) mass is 487 g/mol. The number of hydrogen-bond donors (Lipinski definition) is 1. The van der Waals surface area contributed by atoms with Crippen LogP contribution in [0, 0.1) is 28.9 Å². The Balaban J connectivity index is 1.55. The number of piperidine rings is 1. The van der Waals surface area contributed by atoms with Gasteiger partial charge in [0.15, 0.2) is 5.82 Å². The van der Waals surface area contributed by atoms with Crippen molar-refractivity contribution in [3.8, 4) is 23.1 Å². The molecule has 2 aromatic heterocycles. The lowest BCUT2D eigenvalue weighted by Gasteiger charge is -2.36. The summed E-state index contributed by atoms with van der Waals surface area (Å²) in [7, 11) is 1.79. The Labute approximate surface area is 205 Å². The number of nitrogens with zero attached hydrogens (tertiary/aromatic N) is 6. The third kappa shape index (κ3) is 3.63. The molecule has 0 amide bonds. The van der Waals surface area contributed by atoms with Crippen molar-refractivity contribution in [2.24, 2.45) is 13.0 Å². The maximum atomic E-state index is 15.7. The molecule has 2 aliphatic heterocycles. The fourth-order valence-electron chi connectivity index (χ4n) is 5.39. The van der Waals surface area contributed by atoms with Crippen LogP contribution in [0.25, 0.3) is 28.0 Å². The highest BCUT2D eigenvalue weighted by Gasteiger charge is 2.35. The number of hydrogen-bond acceptors (Lipinski definition) is 6. The van der Waals surface area contributed by atoms with Crippen LogP contribution < -0.4 is 15.8 Å². The van der Waals surface area contributed by atoms with Crippen LogP contribution in [0.5, 0.6) is 0 Å². The number of nitriles is 1. The smallest absolute Gasteiger partial charge is 0.296 e. The van der Waals surface area contributed by atoms with E-state index in [0.717, 1.165) is 40.9 Å². The van der Waals surface area contributed by atoms with E-state index in [2.05, 4.69) is 15.4 Å². The zero-order valence-electron chi connectivity index (χ0n) is 19.6. The second kappa shape index (κ2) is 8.53. The molecular formula is C26H23F2N7O. The molecule has 0 spiro atoms. The first-order chi connectivity index (χ1) is 17.4. The Hall–Kier alpha value is -4.10. The minimum Gasteiger partial charge on any atom is -0.354 e. The third-order valence-electron chi connectivity index (χ3n) is 7.17. The highest BCUT2D eigenvalue weighted by atomic mass is 19.1. The van der Waals surface area contributed by atoms with Gasteiger partial charge in [-0.1, -0.05) is 0 Å². The summed E-state index contributed by atoms with van der Waals surface area (Å²) in [6.07, 6.45) is 3.61. The molecule has 0 saturated carbocycles. The number of anilines is 1. The highest BCUT2D eigenvalue weighted by molar-refractivity contribution is 5.81. The summed E-state index contributed by atoms with van der Waals surface area (Å²) in [5, 5.41) is 17.7. The van der Waals surface area contributed by atoms with E-state index in [-0.39, 0.29) is 22.8 Å². The van der Waals surface area contributed by atoms with Gasteiger partial charge in [0.05, 0.1) is 16.8 Å². The number of aromatic nitrogens is 4. The molecule has 2 atom stereocenters. The number of nitrogens with one attached hydrogen (secondary N) is 1. The first kappa shape index (κ1) is 22.4. The van der Waals surface area contributed by atoms with Gasteiger partial charge in [-0.25, -0.2) is 9.37 Å². The first-order valence-electron chi connectivity index (χ1n) is 11.9. The molecule has 182 valence electrons. The number of benzene rings is 2. The fourth-order valence-corrected chi connectivity index (χ4v) is 5.39. The third-order valence-corrected chi connectivity index (χ3v) is 7.17. The van der Waals surface area contributed by atoms with Crippen molar-refractivity contribution in [3.63, 3.8) is 0 Å². The van der Waals surface area contributed by atoms with Crippen molar-refractivity contribution in [3.05, 3.63) is 70.1 Å². The lowest BCUT2D eigenvalue weighted by molar-refractivity contribution is 0.371. The summed E-state index contributed by atoms with van der Waals surface area (Å²) < 4.78 is 33.1. The van der Waals surface area contributed by atoms with Gasteiger partial charge in [-0.15, -0.1) is 0 Å². The van der Waals surface area contributed by atoms with Crippen LogP contribution in [-0.2, 0) is 7.05 Å².